The minimum Gasteiger partial charge on any atom is -0.489 e. The Morgan fingerprint density at radius 3 is 2.11 bits per heavy atom. The van der Waals surface area contributed by atoms with E-state index < -0.39 is 0 Å². The number of hydrogen-bond donors (Lipinski definition) is 2. The summed E-state index contributed by atoms with van der Waals surface area (Å²) in [5, 5.41) is 7.17. The zero-order valence-electron chi connectivity index (χ0n) is 16.2. The first-order chi connectivity index (χ1) is 13.9. The van der Waals surface area contributed by atoms with Crippen molar-refractivity contribution in [2.45, 2.75) is 13.0 Å². The van der Waals surface area contributed by atoms with Crippen LogP contribution in [0.2, 0.25) is 0 Å². The second-order valence-electron chi connectivity index (χ2n) is 7.55. The molecule has 0 radical (unpaired) electrons. The molecule has 0 aromatic heterocycles. The summed E-state index contributed by atoms with van der Waals surface area (Å²) in [6.45, 7) is 3.79. The van der Waals surface area contributed by atoms with Gasteiger partial charge in [-0.2, -0.15) is 0 Å². The lowest BCUT2D eigenvalue weighted by Crippen LogP contribution is -2.23. The van der Waals surface area contributed by atoms with Gasteiger partial charge in [-0.3, -0.25) is 0 Å². The van der Waals surface area contributed by atoms with Crippen LogP contribution in [0.3, 0.4) is 0 Å². The quantitative estimate of drug-likeness (QED) is 0.598. The molecule has 3 aromatic rings. The van der Waals surface area contributed by atoms with Crippen molar-refractivity contribution in [2.24, 2.45) is 11.8 Å². The molecule has 1 aliphatic heterocycles. The van der Waals surface area contributed by atoms with E-state index in [0.29, 0.717) is 18.4 Å². The fourth-order valence-corrected chi connectivity index (χ4v) is 3.84. The molecule has 1 aliphatic rings. The average molecular weight is 373 g/mol. The van der Waals surface area contributed by atoms with E-state index in [1.165, 1.54) is 11.1 Å². The van der Waals surface area contributed by atoms with Gasteiger partial charge in [0.1, 0.15) is 12.4 Å². The van der Waals surface area contributed by atoms with E-state index in [9.17, 15) is 0 Å². The van der Waals surface area contributed by atoms with Gasteiger partial charge in [0.2, 0.25) is 0 Å². The van der Waals surface area contributed by atoms with Crippen LogP contribution in [0.1, 0.15) is 11.1 Å². The topological polar surface area (TPSA) is 33.3 Å². The molecule has 2 N–H and O–H groups in total. The van der Waals surface area contributed by atoms with E-state index in [0.717, 1.165) is 37.5 Å². The highest BCUT2D eigenvalue weighted by Gasteiger charge is 2.26. The van der Waals surface area contributed by atoms with Gasteiger partial charge in [-0.1, -0.05) is 60.7 Å². The summed E-state index contributed by atoms with van der Waals surface area (Å²) in [5.74, 6) is 2.23. The Labute approximate surface area is 167 Å². The van der Waals surface area contributed by atoms with Crippen LogP contribution in [0.15, 0.2) is 84.9 Å². The van der Waals surface area contributed by atoms with Gasteiger partial charge >= 0.3 is 0 Å². The average Bonchev–Trinajstić information content (AvgIpc) is 3.20. The third kappa shape index (κ3) is 5.14. The number of ether oxygens (including phenoxy) is 1. The molecule has 1 fully saturated rings. The molecule has 28 heavy (non-hydrogen) atoms. The summed E-state index contributed by atoms with van der Waals surface area (Å²) in [6, 6.07) is 29.4. The summed E-state index contributed by atoms with van der Waals surface area (Å²) in [4.78, 5) is 0. The van der Waals surface area contributed by atoms with E-state index in [4.69, 9.17) is 4.74 Å². The SMILES string of the molecule is c1ccc(COc2ccc(NC[C@H]3CNC[C@H]3Cc3ccccc3)cc2)cc1. The van der Waals surface area contributed by atoms with Gasteiger partial charge < -0.3 is 15.4 Å². The molecule has 3 nitrogen and oxygen atoms in total. The van der Waals surface area contributed by atoms with Crippen LogP contribution in [0.25, 0.3) is 0 Å². The van der Waals surface area contributed by atoms with Crippen molar-refractivity contribution in [3.63, 3.8) is 0 Å². The molecule has 2 atom stereocenters. The van der Waals surface area contributed by atoms with Crippen molar-refractivity contribution in [2.75, 3.05) is 25.0 Å². The Bertz CT molecular complexity index is 833. The number of benzene rings is 3. The highest BCUT2D eigenvalue weighted by Crippen LogP contribution is 2.23. The molecule has 4 rings (SSSR count). The molecular weight excluding hydrogens is 344 g/mol. The van der Waals surface area contributed by atoms with Gasteiger partial charge in [0.15, 0.2) is 0 Å². The van der Waals surface area contributed by atoms with Gasteiger partial charge in [0.25, 0.3) is 0 Å². The smallest absolute Gasteiger partial charge is 0.119 e. The van der Waals surface area contributed by atoms with Gasteiger partial charge in [0, 0.05) is 12.2 Å². The second-order valence-corrected chi connectivity index (χ2v) is 7.55. The van der Waals surface area contributed by atoms with E-state index in [-0.39, 0.29) is 0 Å². The van der Waals surface area contributed by atoms with Crippen molar-refractivity contribution in [1.82, 2.24) is 5.32 Å². The molecule has 0 bridgehead atoms. The molecule has 0 amide bonds. The van der Waals surface area contributed by atoms with Crippen LogP contribution in [0, 0.1) is 11.8 Å². The Kier molecular flexibility index (Phi) is 6.25. The normalized spacial score (nSPS) is 18.7. The van der Waals surface area contributed by atoms with E-state index in [1.54, 1.807) is 0 Å². The minimum absolute atomic E-state index is 0.600. The molecule has 0 saturated carbocycles. The molecule has 3 heteroatoms. The molecule has 1 heterocycles. The van der Waals surface area contributed by atoms with Crippen molar-refractivity contribution in [1.29, 1.82) is 0 Å². The third-order valence-electron chi connectivity index (χ3n) is 5.49. The predicted octanol–water partition coefficient (Wildman–Crippen LogP) is 4.76. The number of anilines is 1. The Hall–Kier alpha value is -2.78. The Balaban J connectivity index is 1.26. The molecule has 3 aromatic carbocycles. The zero-order valence-corrected chi connectivity index (χ0v) is 16.2. The monoisotopic (exact) mass is 372 g/mol. The maximum atomic E-state index is 5.87. The van der Waals surface area contributed by atoms with Gasteiger partial charge in [-0.15, -0.1) is 0 Å². The summed E-state index contributed by atoms with van der Waals surface area (Å²) in [6.07, 6.45) is 1.15. The molecule has 0 aliphatic carbocycles. The van der Waals surface area contributed by atoms with Crippen molar-refractivity contribution in [3.8, 4) is 5.75 Å². The number of rotatable bonds is 8. The predicted molar refractivity (Wildman–Crippen MR) is 116 cm³/mol. The summed E-state index contributed by atoms with van der Waals surface area (Å²) < 4.78 is 5.87. The molecule has 0 spiro atoms. The van der Waals surface area contributed by atoms with Crippen molar-refractivity contribution >= 4 is 5.69 Å². The van der Waals surface area contributed by atoms with Crippen LogP contribution >= 0.6 is 0 Å². The molecule has 1 saturated heterocycles. The Morgan fingerprint density at radius 2 is 1.39 bits per heavy atom. The van der Waals surface area contributed by atoms with Crippen LogP contribution in [0.4, 0.5) is 5.69 Å². The lowest BCUT2D eigenvalue weighted by molar-refractivity contribution is 0.306. The first-order valence-electron chi connectivity index (χ1n) is 10.1. The number of nitrogens with one attached hydrogen (secondary N) is 2. The minimum atomic E-state index is 0.600. The standard InChI is InChI=1S/C25H28N2O/c1-3-7-20(8-4-1)15-22-16-26-17-23(22)18-27-24-11-13-25(14-12-24)28-19-21-9-5-2-6-10-21/h1-14,22-23,26-27H,15-19H2/t22-,23-/m1/s1. The summed E-state index contributed by atoms with van der Waals surface area (Å²) in [5.41, 5.74) is 3.77. The highest BCUT2D eigenvalue weighted by molar-refractivity contribution is 5.46. The first-order valence-corrected chi connectivity index (χ1v) is 10.1. The van der Waals surface area contributed by atoms with E-state index >= 15 is 0 Å². The second kappa shape index (κ2) is 9.43. The van der Waals surface area contributed by atoms with Crippen molar-refractivity contribution < 1.29 is 4.74 Å². The van der Waals surface area contributed by atoms with Gasteiger partial charge in [0.05, 0.1) is 0 Å². The maximum absolute atomic E-state index is 5.87. The van der Waals surface area contributed by atoms with Gasteiger partial charge in [-0.05, 0) is 66.7 Å². The molecular formula is C25H28N2O. The zero-order chi connectivity index (χ0) is 19.0. The van der Waals surface area contributed by atoms with Crippen LogP contribution in [-0.4, -0.2) is 19.6 Å². The van der Waals surface area contributed by atoms with Gasteiger partial charge in [-0.25, -0.2) is 0 Å². The fraction of sp³-hybridized carbons (Fsp3) is 0.280. The summed E-state index contributed by atoms with van der Waals surface area (Å²) in [7, 11) is 0. The fourth-order valence-electron chi connectivity index (χ4n) is 3.84. The van der Waals surface area contributed by atoms with Crippen LogP contribution < -0.4 is 15.4 Å². The largest absolute Gasteiger partial charge is 0.489 e. The maximum Gasteiger partial charge on any atom is 0.119 e. The van der Waals surface area contributed by atoms with E-state index in [2.05, 4.69) is 65.2 Å². The van der Waals surface area contributed by atoms with E-state index in [1.807, 2.05) is 30.3 Å². The Morgan fingerprint density at radius 1 is 0.750 bits per heavy atom. The van der Waals surface area contributed by atoms with Crippen molar-refractivity contribution in [3.05, 3.63) is 96.1 Å². The lowest BCUT2D eigenvalue weighted by Gasteiger charge is -2.20. The lowest BCUT2D eigenvalue weighted by atomic mass is 9.89. The first kappa shape index (κ1) is 18.6. The number of hydrogen-bond acceptors (Lipinski definition) is 3. The van der Waals surface area contributed by atoms with Crippen LogP contribution in [-0.2, 0) is 13.0 Å². The van der Waals surface area contributed by atoms with Crippen LogP contribution in [0.5, 0.6) is 5.75 Å². The third-order valence-corrected chi connectivity index (χ3v) is 5.49. The highest BCUT2D eigenvalue weighted by atomic mass is 16.5. The summed E-state index contributed by atoms with van der Waals surface area (Å²) >= 11 is 0. The molecule has 0 unspecified atom stereocenters. The molecule has 144 valence electrons.